The van der Waals surface area contributed by atoms with E-state index in [1.807, 2.05) is 6.07 Å². The minimum absolute atomic E-state index is 0.805. The fourth-order valence-corrected chi connectivity index (χ4v) is 2.75. The van der Waals surface area contributed by atoms with Gasteiger partial charge >= 0.3 is 0 Å². The highest BCUT2D eigenvalue weighted by Crippen LogP contribution is 2.34. The Balaban J connectivity index is 1.73. The molecule has 3 heterocycles. The van der Waals surface area contributed by atoms with Gasteiger partial charge in [0.25, 0.3) is 0 Å². The second-order valence-corrected chi connectivity index (χ2v) is 5.54. The Morgan fingerprint density at radius 2 is 2.05 bits per heavy atom. The lowest BCUT2D eigenvalue weighted by Gasteiger charge is -2.18. The van der Waals surface area contributed by atoms with Gasteiger partial charge in [0.05, 0.1) is 0 Å². The molecule has 2 fully saturated rings. The predicted molar refractivity (Wildman–Crippen MR) is 71.8 cm³/mol. The van der Waals surface area contributed by atoms with Crippen molar-refractivity contribution >= 4 is 5.95 Å². The van der Waals surface area contributed by atoms with E-state index in [2.05, 4.69) is 29.9 Å². The van der Waals surface area contributed by atoms with Crippen LogP contribution in [0.3, 0.4) is 0 Å². The van der Waals surface area contributed by atoms with E-state index in [4.69, 9.17) is 0 Å². The maximum absolute atomic E-state index is 4.43. The lowest BCUT2D eigenvalue weighted by atomic mass is 10.3. The van der Waals surface area contributed by atoms with E-state index in [0.717, 1.165) is 43.0 Å². The van der Waals surface area contributed by atoms with Crippen LogP contribution in [0, 0.1) is 5.92 Å². The van der Waals surface area contributed by atoms with Crippen LogP contribution in [0.25, 0.3) is 11.5 Å². The molecule has 2 aromatic heterocycles. The Kier molecular flexibility index (Phi) is 2.53. The van der Waals surface area contributed by atoms with E-state index in [0.29, 0.717) is 0 Å². The quantitative estimate of drug-likeness (QED) is 0.906. The highest BCUT2D eigenvalue weighted by atomic mass is 15.4. The second kappa shape index (κ2) is 4.36. The van der Waals surface area contributed by atoms with Crippen LogP contribution in [0.5, 0.6) is 0 Å². The minimum Gasteiger partial charge on any atom is -0.341 e. The zero-order chi connectivity index (χ0) is 12.7. The Morgan fingerprint density at radius 3 is 2.74 bits per heavy atom. The SMILES string of the molecule is c1cc(-c2nnc(N3CCCC3)n2CC2CC2)[nH]n1. The van der Waals surface area contributed by atoms with Crippen molar-refractivity contribution in [3.8, 4) is 11.5 Å². The molecule has 0 unspecified atom stereocenters. The van der Waals surface area contributed by atoms with Crippen molar-refractivity contribution in [3.63, 3.8) is 0 Å². The number of nitrogens with zero attached hydrogens (tertiary/aromatic N) is 5. The summed E-state index contributed by atoms with van der Waals surface area (Å²) in [6.07, 6.45) is 6.95. The van der Waals surface area contributed by atoms with Crippen molar-refractivity contribution in [2.75, 3.05) is 18.0 Å². The third-order valence-electron chi connectivity index (χ3n) is 4.00. The van der Waals surface area contributed by atoms with Crippen molar-refractivity contribution in [1.29, 1.82) is 0 Å². The van der Waals surface area contributed by atoms with E-state index in [1.54, 1.807) is 6.20 Å². The average Bonchev–Trinajstić information content (AvgIpc) is 2.91. The van der Waals surface area contributed by atoms with E-state index in [1.165, 1.54) is 25.7 Å². The molecule has 4 rings (SSSR count). The van der Waals surface area contributed by atoms with E-state index in [9.17, 15) is 0 Å². The standard InChI is InChI=1S/C13H18N6/c1-2-8-18(7-1)13-17-16-12(11-5-6-14-15-11)19(13)9-10-3-4-10/h5-6,10H,1-4,7-9H2,(H,14,15). The molecule has 2 aliphatic rings. The normalized spacial score (nSPS) is 19.3. The van der Waals surface area contributed by atoms with Crippen molar-refractivity contribution in [3.05, 3.63) is 12.3 Å². The van der Waals surface area contributed by atoms with Crippen LogP contribution in [-0.2, 0) is 6.54 Å². The molecule has 0 radical (unpaired) electrons. The summed E-state index contributed by atoms with van der Waals surface area (Å²) in [6.45, 7) is 3.24. The summed E-state index contributed by atoms with van der Waals surface area (Å²) >= 11 is 0. The van der Waals surface area contributed by atoms with Gasteiger partial charge < -0.3 is 4.90 Å². The predicted octanol–water partition coefficient (Wildman–Crippen LogP) is 1.68. The van der Waals surface area contributed by atoms with E-state index >= 15 is 0 Å². The van der Waals surface area contributed by atoms with Crippen LogP contribution in [-0.4, -0.2) is 38.1 Å². The van der Waals surface area contributed by atoms with Gasteiger partial charge in [-0.2, -0.15) is 5.10 Å². The Hall–Kier alpha value is -1.85. The molecule has 1 N–H and O–H groups in total. The highest BCUT2D eigenvalue weighted by molar-refractivity contribution is 5.52. The second-order valence-electron chi connectivity index (χ2n) is 5.54. The highest BCUT2D eigenvalue weighted by Gasteiger charge is 2.28. The molecule has 2 aromatic rings. The molecule has 6 heteroatoms. The van der Waals surface area contributed by atoms with Gasteiger partial charge in [-0.25, -0.2) is 0 Å². The molecule has 19 heavy (non-hydrogen) atoms. The summed E-state index contributed by atoms with van der Waals surface area (Å²) in [6, 6.07) is 1.96. The maximum Gasteiger partial charge on any atom is 0.227 e. The monoisotopic (exact) mass is 258 g/mol. The largest absolute Gasteiger partial charge is 0.341 e. The van der Waals surface area contributed by atoms with Crippen molar-refractivity contribution < 1.29 is 0 Å². The molecule has 100 valence electrons. The lowest BCUT2D eigenvalue weighted by molar-refractivity contribution is 0.621. The fraction of sp³-hybridized carbons (Fsp3) is 0.615. The molecule has 0 aromatic carbocycles. The molecule has 0 spiro atoms. The van der Waals surface area contributed by atoms with E-state index in [-0.39, 0.29) is 0 Å². The van der Waals surface area contributed by atoms with Crippen LogP contribution in [0.2, 0.25) is 0 Å². The number of aromatic amines is 1. The number of aromatic nitrogens is 5. The molecule has 0 bridgehead atoms. The van der Waals surface area contributed by atoms with Gasteiger partial charge in [-0.1, -0.05) is 0 Å². The van der Waals surface area contributed by atoms with Gasteiger partial charge in [-0.05, 0) is 37.7 Å². The molecular weight excluding hydrogens is 240 g/mol. The van der Waals surface area contributed by atoms with Crippen LogP contribution in [0.1, 0.15) is 25.7 Å². The summed E-state index contributed by atoms with van der Waals surface area (Å²) in [5, 5.41) is 15.8. The van der Waals surface area contributed by atoms with Gasteiger partial charge in [-0.15, -0.1) is 10.2 Å². The molecule has 1 aliphatic carbocycles. The van der Waals surface area contributed by atoms with Gasteiger partial charge in [0.15, 0.2) is 5.82 Å². The van der Waals surface area contributed by atoms with Gasteiger partial charge in [-0.3, -0.25) is 9.67 Å². The summed E-state index contributed by atoms with van der Waals surface area (Å²) in [7, 11) is 0. The molecule has 1 saturated carbocycles. The van der Waals surface area contributed by atoms with Gasteiger partial charge in [0.1, 0.15) is 5.69 Å². The average molecular weight is 258 g/mol. The number of hydrogen-bond acceptors (Lipinski definition) is 4. The van der Waals surface area contributed by atoms with Crippen LogP contribution < -0.4 is 4.90 Å². The van der Waals surface area contributed by atoms with Crippen LogP contribution in [0.4, 0.5) is 5.95 Å². The fourth-order valence-electron chi connectivity index (χ4n) is 2.75. The molecule has 0 amide bonds. The topological polar surface area (TPSA) is 62.6 Å². The number of anilines is 1. The smallest absolute Gasteiger partial charge is 0.227 e. The Bertz CT molecular complexity index is 548. The molecule has 1 aliphatic heterocycles. The molecule has 0 atom stereocenters. The number of H-pyrrole nitrogens is 1. The van der Waals surface area contributed by atoms with Crippen molar-refractivity contribution in [2.24, 2.45) is 5.92 Å². The minimum atomic E-state index is 0.805. The third kappa shape index (κ3) is 2.01. The van der Waals surface area contributed by atoms with Crippen LogP contribution >= 0.6 is 0 Å². The maximum atomic E-state index is 4.43. The first-order chi connectivity index (χ1) is 9.42. The summed E-state index contributed by atoms with van der Waals surface area (Å²) in [5.41, 5.74) is 0.957. The first-order valence-electron chi connectivity index (χ1n) is 7.10. The van der Waals surface area contributed by atoms with Crippen molar-refractivity contribution in [2.45, 2.75) is 32.2 Å². The summed E-state index contributed by atoms with van der Waals surface area (Å²) in [4.78, 5) is 2.36. The zero-order valence-corrected chi connectivity index (χ0v) is 10.9. The molecule has 1 saturated heterocycles. The number of nitrogens with one attached hydrogen (secondary N) is 1. The third-order valence-corrected chi connectivity index (χ3v) is 4.00. The summed E-state index contributed by atoms with van der Waals surface area (Å²) < 4.78 is 2.27. The van der Waals surface area contributed by atoms with Crippen LogP contribution in [0.15, 0.2) is 12.3 Å². The number of rotatable bonds is 4. The lowest BCUT2D eigenvalue weighted by Crippen LogP contribution is -2.22. The van der Waals surface area contributed by atoms with Gasteiger partial charge in [0, 0.05) is 25.8 Å². The first kappa shape index (κ1) is 11.0. The Labute approximate surface area is 111 Å². The van der Waals surface area contributed by atoms with Crippen molar-refractivity contribution in [1.82, 2.24) is 25.0 Å². The Morgan fingerprint density at radius 1 is 1.21 bits per heavy atom. The molecule has 6 nitrogen and oxygen atoms in total. The molecular formula is C13H18N6. The zero-order valence-electron chi connectivity index (χ0n) is 10.9. The van der Waals surface area contributed by atoms with E-state index < -0.39 is 0 Å². The number of hydrogen-bond donors (Lipinski definition) is 1. The summed E-state index contributed by atoms with van der Waals surface area (Å²) in [5.74, 6) is 2.76. The first-order valence-corrected chi connectivity index (χ1v) is 7.10. The van der Waals surface area contributed by atoms with Gasteiger partial charge in [0.2, 0.25) is 5.95 Å².